The molecule has 0 amide bonds. The van der Waals surface area contributed by atoms with Crippen LogP contribution in [0.1, 0.15) is 30.3 Å². The number of likely N-dealkylation sites (N-methyl/N-ethyl adjacent to an activating group) is 1. The number of hydrogen-bond donors (Lipinski definition) is 0. The van der Waals surface area contributed by atoms with Gasteiger partial charge in [0.2, 0.25) is 0 Å². The minimum atomic E-state index is 0.500. The van der Waals surface area contributed by atoms with Gasteiger partial charge in [-0.1, -0.05) is 11.6 Å². The lowest BCUT2D eigenvalue weighted by atomic mass is 10.0. The van der Waals surface area contributed by atoms with Gasteiger partial charge >= 0.3 is 0 Å². The fraction of sp³-hybridized carbons (Fsp3) is 0.462. The number of aromatic nitrogens is 2. The molecule has 2 atom stereocenters. The van der Waals surface area contributed by atoms with Gasteiger partial charge in [-0.15, -0.1) is 0 Å². The van der Waals surface area contributed by atoms with E-state index < -0.39 is 0 Å². The normalized spacial score (nSPS) is 27.6. The van der Waals surface area contributed by atoms with Crippen LogP contribution in [0.15, 0.2) is 18.3 Å². The van der Waals surface area contributed by atoms with Gasteiger partial charge in [0.25, 0.3) is 0 Å². The van der Waals surface area contributed by atoms with Crippen molar-refractivity contribution in [1.29, 1.82) is 0 Å². The van der Waals surface area contributed by atoms with Crippen LogP contribution >= 0.6 is 11.6 Å². The minimum Gasteiger partial charge on any atom is -0.302 e. The third-order valence-corrected chi connectivity index (χ3v) is 4.61. The van der Waals surface area contributed by atoms with E-state index in [2.05, 4.69) is 22.5 Å². The summed E-state index contributed by atoms with van der Waals surface area (Å²) in [6.45, 7) is 0. The molecule has 1 fully saturated rings. The minimum absolute atomic E-state index is 0.500. The lowest BCUT2D eigenvalue weighted by Crippen LogP contribution is -2.34. The molecule has 2 aliphatic rings. The first kappa shape index (κ1) is 9.92. The van der Waals surface area contributed by atoms with E-state index in [1.807, 2.05) is 12.1 Å². The molecule has 0 radical (unpaired) electrons. The molecule has 17 heavy (non-hydrogen) atoms. The number of pyridine rings is 1. The summed E-state index contributed by atoms with van der Waals surface area (Å²) in [5, 5.41) is 0.750. The Labute approximate surface area is 105 Å². The topological polar surface area (TPSA) is 20.5 Å². The fourth-order valence-electron chi connectivity index (χ4n) is 3.38. The van der Waals surface area contributed by atoms with Gasteiger partial charge in [-0.25, -0.2) is 4.98 Å². The van der Waals surface area contributed by atoms with Crippen LogP contribution in [-0.4, -0.2) is 27.4 Å². The number of fused-ring (bicyclic) bond motifs is 6. The third kappa shape index (κ3) is 1.19. The van der Waals surface area contributed by atoms with Crippen LogP contribution in [0.3, 0.4) is 0 Å². The molecule has 88 valence electrons. The molecule has 2 aromatic rings. The van der Waals surface area contributed by atoms with Crippen molar-refractivity contribution in [1.82, 2.24) is 14.3 Å². The molecule has 1 saturated heterocycles. The van der Waals surface area contributed by atoms with Gasteiger partial charge in [0, 0.05) is 24.4 Å². The van der Waals surface area contributed by atoms with E-state index in [4.69, 9.17) is 16.6 Å². The first-order valence-corrected chi connectivity index (χ1v) is 6.51. The molecule has 4 rings (SSSR count). The summed E-state index contributed by atoms with van der Waals surface area (Å²) >= 11 is 6.22. The lowest BCUT2D eigenvalue weighted by Gasteiger charge is -2.30. The van der Waals surface area contributed by atoms with Crippen molar-refractivity contribution in [3.05, 3.63) is 34.7 Å². The molecule has 0 aromatic carbocycles. The Bertz CT molecular complexity index is 604. The molecule has 2 bridgehead atoms. The quantitative estimate of drug-likeness (QED) is 0.714. The molecule has 0 N–H and O–H groups in total. The van der Waals surface area contributed by atoms with Crippen molar-refractivity contribution in [3.63, 3.8) is 0 Å². The Balaban J connectivity index is 2.02. The zero-order valence-electron chi connectivity index (χ0n) is 9.73. The van der Waals surface area contributed by atoms with Crippen LogP contribution < -0.4 is 0 Å². The van der Waals surface area contributed by atoms with Crippen molar-refractivity contribution in [3.8, 4) is 0 Å². The van der Waals surface area contributed by atoms with Crippen molar-refractivity contribution >= 4 is 17.2 Å². The highest BCUT2D eigenvalue weighted by atomic mass is 35.5. The first-order chi connectivity index (χ1) is 8.25. The second-order valence-electron chi connectivity index (χ2n) is 5.11. The average Bonchev–Trinajstić information content (AvgIpc) is 2.79. The fourth-order valence-corrected chi connectivity index (χ4v) is 3.59. The Morgan fingerprint density at radius 3 is 3.18 bits per heavy atom. The molecule has 3 nitrogen and oxygen atoms in total. The van der Waals surface area contributed by atoms with Crippen molar-refractivity contribution < 1.29 is 0 Å². The van der Waals surface area contributed by atoms with Gasteiger partial charge in [0.15, 0.2) is 5.65 Å². The molecule has 0 aliphatic carbocycles. The molecular weight excluding hydrogens is 234 g/mol. The van der Waals surface area contributed by atoms with Crippen LogP contribution in [0.4, 0.5) is 0 Å². The van der Waals surface area contributed by atoms with Gasteiger partial charge in [-0.3, -0.25) is 4.90 Å². The maximum Gasteiger partial charge on any atom is 0.156 e. The molecule has 4 heteroatoms. The van der Waals surface area contributed by atoms with E-state index in [0.29, 0.717) is 12.1 Å². The highest BCUT2D eigenvalue weighted by Gasteiger charge is 2.40. The van der Waals surface area contributed by atoms with Gasteiger partial charge in [-0.05, 0) is 32.0 Å². The van der Waals surface area contributed by atoms with E-state index in [0.717, 1.165) is 17.1 Å². The standard InChI is InChI=1S/C13H14ClN3/c1-16-8-4-5-10(16)12-11(7-8)17-6-2-3-9(14)13(17)15-12/h2-3,6,8,10H,4-5,7H2,1H3. The zero-order valence-corrected chi connectivity index (χ0v) is 10.5. The second kappa shape index (κ2) is 3.24. The third-order valence-electron chi connectivity index (χ3n) is 4.32. The predicted octanol–water partition coefficient (Wildman–Crippen LogP) is 2.68. The SMILES string of the molecule is CN1C2CCC1c1nc3c(Cl)cccn3c1C2. The molecule has 0 saturated carbocycles. The van der Waals surface area contributed by atoms with Crippen LogP contribution in [0.2, 0.25) is 5.02 Å². The monoisotopic (exact) mass is 247 g/mol. The Morgan fingerprint density at radius 1 is 1.41 bits per heavy atom. The highest BCUT2D eigenvalue weighted by molar-refractivity contribution is 6.33. The van der Waals surface area contributed by atoms with Crippen molar-refractivity contribution in [2.75, 3.05) is 7.05 Å². The Morgan fingerprint density at radius 2 is 2.29 bits per heavy atom. The number of imidazole rings is 1. The van der Waals surface area contributed by atoms with Crippen LogP contribution in [0.25, 0.3) is 5.65 Å². The van der Waals surface area contributed by atoms with E-state index in [1.54, 1.807) is 0 Å². The average molecular weight is 248 g/mol. The Kier molecular flexibility index (Phi) is 1.89. The largest absolute Gasteiger partial charge is 0.302 e. The zero-order chi connectivity index (χ0) is 11.6. The van der Waals surface area contributed by atoms with E-state index in [-0.39, 0.29) is 0 Å². The molecular formula is C13H14ClN3. The van der Waals surface area contributed by atoms with Crippen LogP contribution in [-0.2, 0) is 6.42 Å². The first-order valence-electron chi connectivity index (χ1n) is 6.13. The van der Waals surface area contributed by atoms with Crippen LogP contribution in [0, 0.1) is 0 Å². The molecule has 2 unspecified atom stereocenters. The van der Waals surface area contributed by atoms with Gasteiger partial charge in [0.05, 0.1) is 16.8 Å². The summed E-state index contributed by atoms with van der Waals surface area (Å²) in [6, 6.07) is 5.10. The summed E-state index contributed by atoms with van der Waals surface area (Å²) in [5.41, 5.74) is 3.53. The van der Waals surface area contributed by atoms with Gasteiger partial charge < -0.3 is 4.40 Å². The van der Waals surface area contributed by atoms with Gasteiger partial charge in [-0.2, -0.15) is 0 Å². The summed E-state index contributed by atoms with van der Waals surface area (Å²) in [6.07, 6.45) is 5.71. The maximum absolute atomic E-state index is 6.22. The number of halogens is 1. The maximum atomic E-state index is 6.22. The molecule has 2 aromatic heterocycles. The number of nitrogens with zero attached hydrogens (tertiary/aromatic N) is 3. The van der Waals surface area contributed by atoms with Crippen LogP contribution in [0.5, 0.6) is 0 Å². The summed E-state index contributed by atoms with van der Waals surface area (Å²) < 4.78 is 2.18. The highest BCUT2D eigenvalue weighted by Crippen LogP contribution is 2.42. The summed E-state index contributed by atoms with van der Waals surface area (Å²) in [5.74, 6) is 0. The van der Waals surface area contributed by atoms with Crippen molar-refractivity contribution in [2.45, 2.75) is 31.3 Å². The predicted molar refractivity (Wildman–Crippen MR) is 67.4 cm³/mol. The lowest BCUT2D eigenvalue weighted by molar-refractivity contribution is 0.219. The smallest absolute Gasteiger partial charge is 0.156 e. The van der Waals surface area contributed by atoms with Crippen molar-refractivity contribution in [2.24, 2.45) is 0 Å². The molecule has 2 aliphatic heterocycles. The van der Waals surface area contributed by atoms with E-state index in [9.17, 15) is 0 Å². The molecule has 4 heterocycles. The molecule has 0 spiro atoms. The van der Waals surface area contributed by atoms with E-state index in [1.165, 1.54) is 24.2 Å². The summed E-state index contributed by atoms with van der Waals surface area (Å²) in [7, 11) is 2.22. The Hall–Kier alpha value is -1.06. The second-order valence-corrected chi connectivity index (χ2v) is 5.52. The number of rotatable bonds is 0. The summed E-state index contributed by atoms with van der Waals surface area (Å²) in [4.78, 5) is 7.25. The van der Waals surface area contributed by atoms with Gasteiger partial charge in [0.1, 0.15) is 0 Å². The van der Waals surface area contributed by atoms with E-state index >= 15 is 0 Å². The number of hydrogen-bond acceptors (Lipinski definition) is 2.